The summed E-state index contributed by atoms with van der Waals surface area (Å²) >= 11 is 0. The third-order valence-electron chi connectivity index (χ3n) is 6.39. The maximum atomic E-state index is 13.9. The molecule has 0 aliphatic carbocycles. The molecule has 0 aliphatic heterocycles. The van der Waals surface area contributed by atoms with Crippen LogP contribution in [0.3, 0.4) is 0 Å². The minimum atomic E-state index is -0.980. The Labute approximate surface area is 236 Å². The fraction of sp³-hybridized carbons (Fsp3) is 0.406. The van der Waals surface area contributed by atoms with E-state index in [1.807, 2.05) is 42.5 Å². The Morgan fingerprint density at radius 1 is 0.900 bits per heavy atom. The van der Waals surface area contributed by atoms with Crippen LogP contribution in [0.4, 0.5) is 10.5 Å². The Bertz CT molecular complexity index is 1280. The molecule has 0 spiro atoms. The first kappa shape index (κ1) is 30.5. The Kier molecular flexibility index (Phi) is 10.9. The molecule has 1 unspecified atom stereocenters. The van der Waals surface area contributed by atoms with Crippen LogP contribution in [-0.4, -0.2) is 46.6 Å². The number of anilines is 1. The van der Waals surface area contributed by atoms with Gasteiger partial charge >= 0.3 is 6.09 Å². The quantitative estimate of drug-likeness (QED) is 0.223. The van der Waals surface area contributed by atoms with Gasteiger partial charge in [0.05, 0.1) is 0 Å². The van der Waals surface area contributed by atoms with Crippen molar-refractivity contribution in [2.45, 2.75) is 71.4 Å². The third-order valence-corrected chi connectivity index (χ3v) is 6.39. The first-order valence-corrected chi connectivity index (χ1v) is 13.9. The minimum Gasteiger partial charge on any atom is -0.508 e. The number of fused-ring (bicyclic) bond motifs is 1. The lowest BCUT2D eigenvalue weighted by Gasteiger charge is -2.32. The molecule has 0 aliphatic rings. The normalized spacial score (nSPS) is 12.0. The molecule has 3 aromatic rings. The molecule has 3 amide bonds. The molecule has 0 aromatic heterocycles. The Morgan fingerprint density at radius 2 is 1.57 bits per heavy atom. The molecular formula is C32H41N3O5. The number of unbranched alkanes of at least 4 members (excludes halogenated alkanes) is 4. The number of carbonyl (C=O) groups is 3. The number of alkyl carbamates (subject to hydrolysis) is 1. The van der Waals surface area contributed by atoms with Crippen LogP contribution in [0.15, 0.2) is 66.7 Å². The highest BCUT2D eigenvalue weighted by Gasteiger charge is 2.32. The number of nitrogens with one attached hydrogen (secondary N) is 2. The maximum absolute atomic E-state index is 13.9. The van der Waals surface area contributed by atoms with Crippen LogP contribution < -0.4 is 10.6 Å². The highest BCUT2D eigenvalue weighted by Crippen LogP contribution is 2.27. The molecule has 0 heterocycles. The minimum absolute atomic E-state index is 0.0569. The van der Waals surface area contributed by atoms with Crippen LogP contribution in [0, 0.1) is 0 Å². The highest BCUT2D eigenvalue weighted by molar-refractivity contribution is 6.00. The van der Waals surface area contributed by atoms with Gasteiger partial charge in [-0.15, -0.1) is 0 Å². The molecule has 1 atom stereocenters. The van der Waals surface area contributed by atoms with E-state index >= 15 is 0 Å². The van der Waals surface area contributed by atoms with E-state index in [0.29, 0.717) is 24.2 Å². The Morgan fingerprint density at radius 3 is 2.25 bits per heavy atom. The van der Waals surface area contributed by atoms with Crippen LogP contribution in [-0.2, 0) is 14.3 Å². The second-order valence-electron chi connectivity index (χ2n) is 10.9. The summed E-state index contributed by atoms with van der Waals surface area (Å²) in [6, 6.07) is 18.8. The van der Waals surface area contributed by atoms with Crippen molar-refractivity contribution in [3.8, 4) is 5.75 Å². The van der Waals surface area contributed by atoms with Crippen molar-refractivity contribution in [1.82, 2.24) is 10.2 Å². The lowest BCUT2D eigenvalue weighted by Crippen LogP contribution is -2.47. The molecule has 0 saturated carbocycles. The summed E-state index contributed by atoms with van der Waals surface area (Å²) in [7, 11) is 0. The molecule has 0 fully saturated rings. The lowest BCUT2D eigenvalue weighted by atomic mass is 10.0. The van der Waals surface area contributed by atoms with Crippen molar-refractivity contribution in [2.75, 3.05) is 18.4 Å². The first-order valence-electron chi connectivity index (χ1n) is 13.9. The van der Waals surface area contributed by atoms with Crippen molar-refractivity contribution in [3.63, 3.8) is 0 Å². The molecule has 214 valence electrons. The van der Waals surface area contributed by atoms with Crippen LogP contribution in [0.1, 0.15) is 71.4 Å². The smallest absolute Gasteiger partial charge is 0.408 e. The summed E-state index contributed by atoms with van der Waals surface area (Å²) in [5, 5.41) is 17.4. The summed E-state index contributed by atoms with van der Waals surface area (Å²) < 4.78 is 5.29. The average molecular weight is 548 g/mol. The summed E-state index contributed by atoms with van der Waals surface area (Å²) in [6.45, 7) is 7.38. The van der Waals surface area contributed by atoms with Crippen molar-refractivity contribution >= 4 is 34.4 Å². The van der Waals surface area contributed by atoms with E-state index in [0.717, 1.165) is 36.5 Å². The third kappa shape index (κ3) is 9.29. The van der Waals surface area contributed by atoms with Gasteiger partial charge in [-0.25, -0.2) is 4.79 Å². The van der Waals surface area contributed by atoms with Gasteiger partial charge in [0, 0.05) is 12.2 Å². The molecule has 8 heteroatoms. The van der Waals surface area contributed by atoms with E-state index in [2.05, 4.69) is 17.6 Å². The Hall–Kier alpha value is -4.07. The number of phenolic OH excluding ortho intramolecular Hbond substituents is 1. The zero-order valence-electron chi connectivity index (χ0n) is 23.9. The lowest BCUT2D eigenvalue weighted by molar-refractivity contribution is -0.138. The van der Waals surface area contributed by atoms with E-state index < -0.39 is 23.6 Å². The number of nitrogens with zero attached hydrogens (tertiary/aromatic N) is 1. The summed E-state index contributed by atoms with van der Waals surface area (Å²) in [5.74, 6) is -0.741. The van der Waals surface area contributed by atoms with Gasteiger partial charge in [-0.3, -0.25) is 9.59 Å². The summed E-state index contributed by atoms with van der Waals surface area (Å²) in [5.41, 5.74) is 0.449. The SMILES string of the molecule is CCCCCCCN(C(=O)CNC(=O)OC(C)(C)C)C(C(=O)Nc1ccc2ccccc2c1)c1ccc(O)cc1. The van der Waals surface area contributed by atoms with Crippen LogP contribution >= 0.6 is 0 Å². The number of amides is 3. The van der Waals surface area contributed by atoms with Gasteiger partial charge < -0.3 is 25.4 Å². The second-order valence-corrected chi connectivity index (χ2v) is 10.9. The number of benzene rings is 3. The number of hydrogen-bond donors (Lipinski definition) is 3. The number of aromatic hydroxyl groups is 1. The summed E-state index contributed by atoms with van der Waals surface area (Å²) in [4.78, 5) is 41.2. The standard InChI is InChI=1S/C32H41N3O5/c1-5-6-7-8-11-20-35(28(37)22-33-31(39)40-32(2,3)4)29(24-15-18-27(36)19-16-24)30(38)34-26-17-14-23-12-9-10-13-25(23)21-26/h9-10,12-19,21,29,36H,5-8,11,20,22H2,1-4H3,(H,33,39)(H,34,38). The number of ether oxygens (including phenoxy) is 1. The number of rotatable bonds is 12. The maximum Gasteiger partial charge on any atom is 0.408 e. The van der Waals surface area contributed by atoms with E-state index in [1.165, 1.54) is 17.0 Å². The predicted molar refractivity (Wildman–Crippen MR) is 158 cm³/mol. The second kappa shape index (κ2) is 14.4. The molecule has 0 radical (unpaired) electrons. The van der Waals surface area contributed by atoms with Gasteiger partial charge in [-0.2, -0.15) is 0 Å². The highest BCUT2D eigenvalue weighted by atomic mass is 16.6. The number of carbonyl (C=O) groups excluding carboxylic acids is 3. The first-order chi connectivity index (χ1) is 19.1. The average Bonchev–Trinajstić information content (AvgIpc) is 2.90. The van der Waals surface area contributed by atoms with E-state index in [9.17, 15) is 19.5 Å². The number of phenols is 1. The van der Waals surface area contributed by atoms with Crippen molar-refractivity contribution in [2.24, 2.45) is 0 Å². The van der Waals surface area contributed by atoms with Crippen LogP contribution in [0.2, 0.25) is 0 Å². The largest absolute Gasteiger partial charge is 0.508 e. The van der Waals surface area contributed by atoms with Crippen LogP contribution in [0.5, 0.6) is 5.75 Å². The number of hydrogen-bond acceptors (Lipinski definition) is 5. The molecule has 0 saturated heterocycles. The van der Waals surface area contributed by atoms with Crippen LogP contribution in [0.25, 0.3) is 10.8 Å². The molecule has 3 aromatic carbocycles. The van der Waals surface area contributed by atoms with Gasteiger partial charge in [0.15, 0.2) is 0 Å². The van der Waals surface area contributed by atoms with E-state index in [-0.39, 0.29) is 18.2 Å². The Balaban J connectivity index is 1.89. The monoisotopic (exact) mass is 547 g/mol. The molecule has 40 heavy (non-hydrogen) atoms. The molecule has 8 nitrogen and oxygen atoms in total. The van der Waals surface area contributed by atoms with Crippen molar-refractivity contribution in [1.29, 1.82) is 0 Å². The topological polar surface area (TPSA) is 108 Å². The fourth-order valence-electron chi connectivity index (χ4n) is 4.45. The molecular weight excluding hydrogens is 506 g/mol. The molecule has 3 N–H and O–H groups in total. The van der Waals surface area contributed by atoms with Gasteiger partial charge in [0.1, 0.15) is 23.9 Å². The summed E-state index contributed by atoms with van der Waals surface area (Å²) in [6.07, 6.45) is 4.12. The molecule has 3 rings (SSSR count). The zero-order chi connectivity index (χ0) is 29.1. The van der Waals surface area contributed by atoms with Crippen molar-refractivity contribution in [3.05, 3.63) is 72.3 Å². The zero-order valence-corrected chi connectivity index (χ0v) is 23.9. The predicted octanol–water partition coefficient (Wildman–Crippen LogP) is 6.55. The van der Waals surface area contributed by atoms with Gasteiger partial charge in [-0.05, 0) is 67.8 Å². The van der Waals surface area contributed by atoms with Gasteiger partial charge in [-0.1, -0.05) is 75.1 Å². The van der Waals surface area contributed by atoms with Gasteiger partial charge in [0.2, 0.25) is 5.91 Å². The van der Waals surface area contributed by atoms with E-state index in [1.54, 1.807) is 32.9 Å². The van der Waals surface area contributed by atoms with Crippen molar-refractivity contribution < 1.29 is 24.2 Å². The van der Waals surface area contributed by atoms with E-state index in [4.69, 9.17) is 4.74 Å². The van der Waals surface area contributed by atoms with Gasteiger partial charge in [0.25, 0.3) is 5.91 Å². The fourth-order valence-corrected chi connectivity index (χ4v) is 4.45. The molecule has 0 bridgehead atoms.